The van der Waals surface area contributed by atoms with Crippen LogP contribution in [0.25, 0.3) is 0 Å². The molecule has 0 radical (unpaired) electrons. The summed E-state index contributed by atoms with van der Waals surface area (Å²) in [6.07, 6.45) is 6.25. The van der Waals surface area contributed by atoms with Gasteiger partial charge >= 0.3 is 5.97 Å². The first-order valence-electron chi connectivity index (χ1n) is 4.47. The second-order valence-electron chi connectivity index (χ2n) is 2.50. The highest BCUT2D eigenvalue weighted by molar-refractivity contribution is 5.88. The van der Waals surface area contributed by atoms with Crippen molar-refractivity contribution in [3.8, 4) is 0 Å². The molecule has 80 valence electrons. The largest absolute Gasteiger partial charge is 0.472 e. The van der Waals surface area contributed by atoms with Crippen LogP contribution in [-0.2, 0) is 4.74 Å². The lowest BCUT2D eigenvalue weighted by molar-refractivity contribution is 0.0525. The molecular weight excluding hydrogens is 196 g/mol. The van der Waals surface area contributed by atoms with E-state index in [2.05, 4.69) is 19.4 Å². The van der Waals surface area contributed by atoms with E-state index < -0.39 is 0 Å². The van der Waals surface area contributed by atoms with E-state index in [1.54, 1.807) is 25.4 Å². The maximum atomic E-state index is 10.8. The summed E-state index contributed by atoms with van der Waals surface area (Å²) in [4.78, 5) is 10.8. The number of H-pyrrole nitrogens is 1. The molecule has 0 amide bonds. The molecule has 5 heteroatoms. The molecule has 1 N–H and O–H groups in total. The molecule has 2 aromatic heterocycles. The van der Waals surface area contributed by atoms with Crippen LogP contribution in [0.3, 0.4) is 0 Å². The van der Waals surface area contributed by atoms with Gasteiger partial charge in [-0.1, -0.05) is 0 Å². The highest BCUT2D eigenvalue weighted by atomic mass is 16.5. The van der Waals surface area contributed by atoms with E-state index >= 15 is 0 Å². The zero-order valence-corrected chi connectivity index (χ0v) is 8.34. The van der Waals surface area contributed by atoms with E-state index in [0.717, 1.165) is 0 Å². The first kappa shape index (κ1) is 11.0. The highest BCUT2D eigenvalue weighted by Gasteiger charge is 2.05. The summed E-state index contributed by atoms with van der Waals surface area (Å²) in [7, 11) is 0. The molecule has 15 heavy (non-hydrogen) atoms. The summed E-state index contributed by atoms with van der Waals surface area (Å²) in [6.45, 7) is 2.15. The average molecular weight is 208 g/mol. The first-order valence-corrected chi connectivity index (χ1v) is 4.47. The average Bonchev–Trinajstić information content (AvgIpc) is 2.95. The van der Waals surface area contributed by atoms with Crippen LogP contribution in [0.15, 0.2) is 41.5 Å². The molecule has 0 aliphatic heterocycles. The molecule has 2 rings (SSSR count). The van der Waals surface area contributed by atoms with Gasteiger partial charge in [0.1, 0.15) is 6.26 Å². The Morgan fingerprint density at radius 2 is 2.53 bits per heavy atom. The van der Waals surface area contributed by atoms with Crippen LogP contribution in [0.1, 0.15) is 17.3 Å². The highest BCUT2D eigenvalue weighted by Crippen LogP contribution is 2.01. The van der Waals surface area contributed by atoms with Crippen LogP contribution in [0, 0.1) is 0 Å². The summed E-state index contributed by atoms with van der Waals surface area (Å²) in [6, 6.07) is 3.40. The first-order chi connectivity index (χ1) is 7.34. The molecule has 2 heterocycles. The lowest BCUT2D eigenvalue weighted by atomic mass is 10.3. The molecule has 2 aromatic rings. The second kappa shape index (κ2) is 6.42. The molecule has 0 atom stereocenters. The van der Waals surface area contributed by atoms with E-state index in [-0.39, 0.29) is 5.97 Å². The quantitative estimate of drug-likeness (QED) is 0.765. The minimum Gasteiger partial charge on any atom is -0.472 e. The number of esters is 1. The van der Waals surface area contributed by atoms with Crippen LogP contribution < -0.4 is 0 Å². The standard InChI is InChI=1S/C7H8O3.C3H4N2/c1-2-10-7(8)6-3-4-9-5-6;1-2-4-5-3-1/h3-5H,2H2,1H3;1-3H,(H,4,5). The van der Waals surface area contributed by atoms with E-state index in [4.69, 9.17) is 0 Å². The van der Waals surface area contributed by atoms with Gasteiger partial charge in [0, 0.05) is 12.4 Å². The molecule has 0 unspecified atom stereocenters. The Morgan fingerprint density at radius 3 is 2.93 bits per heavy atom. The Labute approximate surface area is 87.1 Å². The molecule has 0 saturated carbocycles. The molecule has 5 nitrogen and oxygen atoms in total. The number of ether oxygens (including phenoxy) is 1. The van der Waals surface area contributed by atoms with Gasteiger partial charge in [-0.05, 0) is 19.1 Å². The number of rotatable bonds is 2. The maximum Gasteiger partial charge on any atom is 0.341 e. The fourth-order valence-corrected chi connectivity index (χ4v) is 0.810. The van der Waals surface area contributed by atoms with Crippen molar-refractivity contribution in [2.45, 2.75) is 6.92 Å². The normalized spacial score (nSPS) is 8.87. The summed E-state index contributed by atoms with van der Waals surface area (Å²) >= 11 is 0. The molecule has 0 aliphatic rings. The number of carbonyl (C=O) groups is 1. The Bertz CT molecular complexity index is 337. The molecule has 0 bridgehead atoms. The van der Waals surface area contributed by atoms with Crippen molar-refractivity contribution >= 4 is 5.97 Å². The molecule has 0 fully saturated rings. The summed E-state index contributed by atoms with van der Waals surface area (Å²) < 4.78 is 9.37. The van der Waals surface area contributed by atoms with Gasteiger partial charge in [0.2, 0.25) is 0 Å². The van der Waals surface area contributed by atoms with Crippen LogP contribution >= 0.6 is 0 Å². The number of carbonyl (C=O) groups excluding carboxylic acids is 1. The van der Waals surface area contributed by atoms with E-state index in [1.807, 2.05) is 6.07 Å². The van der Waals surface area contributed by atoms with Crippen molar-refractivity contribution in [2.75, 3.05) is 6.61 Å². The second-order valence-corrected chi connectivity index (χ2v) is 2.50. The van der Waals surface area contributed by atoms with Crippen molar-refractivity contribution in [3.05, 3.63) is 42.6 Å². The van der Waals surface area contributed by atoms with Gasteiger partial charge in [-0.2, -0.15) is 5.10 Å². The van der Waals surface area contributed by atoms with Gasteiger partial charge in [0.05, 0.1) is 18.4 Å². The van der Waals surface area contributed by atoms with Crippen molar-refractivity contribution in [2.24, 2.45) is 0 Å². The van der Waals surface area contributed by atoms with Gasteiger partial charge in [-0.3, -0.25) is 5.10 Å². The molecular formula is C10H12N2O3. The third-order valence-electron chi connectivity index (χ3n) is 1.44. The Balaban J connectivity index is 0.000000187. The third kappa shape index (κ3) is 4.12. The van der Waals surface area contributed by atoms with Crippen molar-refractivity contribution in [1.29, 1.82) is 0 Å². The Hall–Kier alpha value is -2.04. The zero-order valence-electron chi connectivity index (χ0n) is 8.34. The minimum atomic E-state index is -0.337. The smallest absolute Gasteiger partial charge is 0.341 e. The van der Waals surface area contributed by atoms with Crippen molar-refractivity contribution in [1.82, 2.24) is 10.2 Å². The number of hydrogen-bond acceptors (Lipinski definition) is 4. The van der Waals surface area contributed by atoms with Crippen molar-refractivity contribution in [3.63, 3.8) is 0 Å². The van der Waals surface area contributed by atoms with Gasteiger partial charge in [0.25, 0.3) is 0 Å². The maximum absolute atomic E-state index is 10.8. The van der Waals surface area contributed by atoms with Crippen LogP contribution in [-0.4, -0.2) is 22.8 Å². The molecule has 0 spiro atoms. The van der Waals surface area contributed by atoms with E-state index in [0.29, 0.717) is 12.2 Å². The van der Waals surface area contributed by atoms with Crippen LogP contribution in [0.2, 0.25) is 0 Å². The Morgan fingerprint density at radius 1 is 1.67 bits per heavy atom. The third-order valence-corrected chi connectivity index (χ3v) is 1.44. The lowest BCUT2D eigenvalue weighted by Gasteiger charge is -1.95. The fraction of sp³-hybridized carbons (Fsp3) is 0.200. The number of hydrogen-bond donors (Lipinski definition) is 1. The van der Waals surface area contributed by atoms with Gasteiger partial charge in [-0.15, -0.1) is 0 Å². The summed E-state index contributed by atoms with van der Waals surface area (Å²) in [5, 5.41) is 6.21. The Kier molecular flexibility index (Phi) is 4.72. The SMILES string of the molecule is CCOC(=O)c1ccoc1.c1cn[nH]c1. The van der Waals surface area contributed by atoms with Gasteiger partial charge in [0.15, 0.2) is 0 Å². The lowest BCUT2D eigenvalue weighted by Crippen LogP contribution is -2.02. The number of aromatic nitrogens is 2. The van der Waals surface area contributed by atoms with Crippen molar-refractivity contribution < 1.29 is 13.9 Å². The van der Waals surface area contributed by atoms with Crippen LogP contribution in [0.5, 0.6) is 0 Å². The van der Waals surface area contributed by atoms with E-state index in [9.17, 15) is 4.79 Å². The molecule has 0 aliphatic carbocycles. The zero-order chi connectivity index (χ0) is 10.9. The summed E-state index contributed by atoms with van der Waals surface area (Å²) in [5.74, 6) is -0.337. The minimum absolute atomic E-state index is 0.337. The topological polar surface area (TPSA) is 68.1 Å². The summed E-state index contributed by atoms with van der Waals surface area (Å²) in [5.41, 5.74) is 0.460. The van der Waals surface area contributed by atoms with Crippen LogP contribution in [0.4, 0.5) is 0 Å². The monoisotopic (exact) mass is 208 g/mol. The predicted molar refractivity (Wildman–Crippen MR) is 53.3 cm³/mol. The van der Waals surface area contributed by atoms with Gasteiger partial charge < -0.3 is 9.15 Å². The number of nitrogens with one attached hydrogen (secondary N) is 1. The molecule has 0 aromatic carbocycles. The molecule has 0 saturated heterocycles. The van der Waals surface area contributed by atoms with Gasteiger partial charge in [-0.25, -0.2) is 4.79 Å². The number of aromatic amines is 1. The number of nitrogens with zero attached hydrogens (tertiary/aromatic N) is 1. The predicted octanol–water partition coefficient (Wildman–Crippen LogP) is 1.87. The number of furan rings is 1. The fourth-order valence-electron chi connectivity index (χ4n) is 0.810. The van der Waals surface area contributed by atoms with E-state index in [1.165, 1.54) is 12.5 Å².